The van der Waals surface area contributed by atoms with Crippen LogP contribution < -0.4 is 15.9 Å². The second-order valence-electron chi connectivity index (χ2n) is 9.37. The summed E-state index contributed by atoms with van der Waals surface area (Å²) in [7, 11) is 0. The Kier molecular flexibility index (Phi) is 5.65. The maximum atomic E-state index is 13.9. The molecule has 0 bridgehead atoms. The third kappa shape index (κ3) is 4.09. The Labute approximate surface area is 204 Å². The lowest BCUT2D eigenvalue weighted by Gasteiger charge is -2.30. The Morgan fingerprint density at radius 2 is 1.11 bits per heavy atom. The maximum Gasteiger partial charge on any atom is 0.416 e. The summed E-state index contributed by atoms with van der Waals surface area (Å²) in [4.78, 5) is 0. The molecule has 0 heterocycles. The van der Waals surface area contributed by atoms with Crippen LogP contribution in [0, 0.1) is 20.8 Å². The highest BCUT2D eigenvalue weighted by molar-refractivity contribution is 7.93. The second-order valence-corrected chi connectivity index (χ2v) is 12.5. The molecule has 1 atom stereocenters. The van der Waals surface area contributed by atoms with Gasteiger partial charge in [0.15, 0.2) is 0 Å². The highest BCUT2D eigenvalue weighted by Crippen LogP contribution is 2.46. The van der Waals surface area contributed by atoms with E-state index < -0.39 is 18.6 Å². The highest BCUT2D eigenvalue weighted by atomic mass is 31.2. The van der Waals surface area contributed by atoms with E-state index in [2.05, 4.69) is 48.5 Å². The summed E-state index contributed by atoms with van der Waals surface area (Å²) >= 11 is 0. The Morgan fingerprint density at radius 3 is 1.74 bits per heavy atom. The van der Waals surface area contributed by atoms with Crippen LogP contribution in [0.25, 0.3) is 21.5 Å². The molecular formula is C31H26F3P. The molecule has 0 N–H and O–H groups in total. The van der Waals surface area contributed by atoms with Gasteiger partial charge in [0.05, 0.1) is 5.56 Å². The Balaban J connectivity index is 1.97. The van der Waals surface area contributed by atoms with Gasteiger partial charge in [-0.25, -0.2) is 0 Å². The summed E-state index contributed by atoms with van der Waals surface area (Å²) in [5.74, 6) is 0. The van der Waals surface area contributed by atoms with Crippen LogP contribution in [0.3, 0.4) is 0 Å². The molecule has 5 aromatic carbocycles. The first kappa shape index (κ1) is 23.5. The normalized spacial score (nSPS) is 13.8. The van der Waals surface area contributed by atoms with Crippen LogP contribution in [0.1, 0.15) is 22.3 Å². The van der Waals surface area contributed by atoms with Gasteiger partial charge in [0.25, 0.3) is 0 Å². The van der Waals surface area contributed by atoms with Gasteiger partial charge in [-0.3, -0.25) is 0 Å². The lowest BCUT2D eigenvalue weighted by atomic mass is 10.0. The molecule has 1 unspecified atom stereocenters. The van der Waals surface area contributed by atoms with E-state index in [1.54, 1.807) is 6.92 Å². The molecule has 0 saturated heterocycles. The fourth-order valence-electron chi connectivity index (χ4n) is 5.10. The van der Waals surface area contributed by atoms with E-state index in [0.29, 0.717) is 10.9 Å². The van der Waals surface area contributed by atoms with Gasteiger partial charge in [-0.2, -0.15) is 13.2 Å². The van der Waals surface area contributed by atoms with Crippen molar-refractivity contribution >= 4 is 50.6 Å². The molecule has 0 aliphatic rings. The van der Waals surface area contributed by atoms with Gasteiger partial charge in [0.1, 0.15) is 0 Å². The molecule has 0 saturated carbocycles. The number of benzene rings is 5. The Bertz CT molecular complexity index is 1620. The van der Waals surface area contributed by atoms with Gasteiger partial charge in [-0.1, -0.05) is 90.2 Å². The monoisotopic (exact) mass is 486 g/mol. The van der Waals surface area contributed by atoms with Crippen molar-refractivity contribution in [3.63, 3.8) is 0 Å². The van der Waals surface area contributed by atoms with E-state index in [4.69, 9.17) is 6.30 Å². The molecule has 0 radical (unpaired) electrons. The zero-order chi connectivity index (χ0) is 25.0. The largest absolute Gasteiger partial charge is 0.416 e. The van der Waals surface area contributed by atoms with E-state index in [9.17, 15) is 13.2 Å². The van der Waals surface area contributed by atoms with Gasteiger partial charge in [-0.05, 0) is 88.9 Å². The van der Waals surface area contributed by atoms with Crippen molar-refractivity contribution in [2.24, 2.45) is 0 Å². The fraction of sp³-hybridized carbons (Fsp3) is 0.129. The summed E-state index contributed by atoms with van der Waals surface area (Å²) in [6.07, 6.45) is 0.397. The van der Waals surface area contributed by atoms with Gasteiger partial charge in [0.2, 0.25) is 0 Å². The highest BCUT2D eigenvalue weighted by Gasteiger charge is 2.33. The molecule has 35 heavy (non-hydrogen) atoms. The third-order valence-corrected chi connectivity index (χ3v) is 10.1. The van der Waals surface area contributed by atoms with E-state index in [1.807, 2.05) is 44.2 Å². The second kappa shape index (κ2) is 8.43. The lowest BCUT2D eigenvalue weighted by Crippen LogP contribution is -2.28. The minimum Gasteiger partial charge on any atom is -0.166 e. The summed E-state index contributed by atoms with van der Waals surface area (Å²) in [5.41, 5.74) is 2.09. The van der Waals surface area contributed by atoms with Crippen molar-refractivity contribution in [3.8, 4) is 0 Å². The number of halogens is 3. The van der Waals surface area contributed by atoms with Crippen LogP contribution >= 0.6 is 6.89 Å². The van der Waals surface area contributed by atoms with Crippen LogP contribution in [0.2, 0.25) is 0 Å². The average molecular weight is 487 g/mol. The fourth-order valence-corrected chi connectivity index (χ4v) is 8.55. The van der Waals surface area contributed by atoms with Crippen molar-refractivity contribution in [1.82, 2.24) is 0 Å². The van der Waals surface area contributed by atoms with Crippen molar-refractivity contribution in [2.45, 2.75) is 26.9 Å². The van der Waals surface area contributed by atoms with E-state index >= 15 is 0 Å². The SMILES string of the molecule is C=P(c1cc(C)cc(C)c1)(c1cc(C)cc(C(F)(F)F)c1)c1cc2ccccc2c2ccccc12. The van der Waals surface area contributed by atoms with E-state index in [-0.39, 0.29) is 0 Å². The first-order chi connectivity index (χ1) is 16.6. The quantitative estimate of drug-likeness (QED) is 0.181. The standard InChI is InChI=1S/C31H26F3P/c1-20-13-21(2)16-25(15-20)35(4,26-17-22(3)14-24(19-26)31(32,33)34)30-18-23-9-5-6-10-27(23)28-11-7-8-12-29(28)30/h5-19H,4H2,1-3H3. The number of hydrogen-bond acceptors (Lipinski definition) is 0. The van der Waals surface area contributed by atoms with Crippen molar-refractivity contribution in [2.75, 3.05) is 0 Å². The molecule has 0 aromatic heterocycles. The molecule has 4 heteroatoms. The summed E-state index contributed by atoms with van der Waals surface area (Å²) in [6.45, 7) is 3.07. The summed E-state index contributed by atoms with van der Waals surface area (Å²) in [6, 6.07) is 29.2. The summed E-state index contributed by atoms with van der Waals surface area (Å²) < 4.78 is 41.8. The van der Waals surface area contributed by atoms with Crippen LogP contribution in [0.15, 0.2) is 91.0 Å². The third-order valence-electron chi connectivity index (χ3n) is 6.63. The number of hydrogen-bond donors (Lipinski definition) is 0. The topological polar surface area (TPSA) is 0 Å². The minimum atomic E-state index is -4.43. The average Bonchev–Trinajstić information content (AvgIpc) is 2.81. The smallest absolute Gasteiger partial charge is 0.166 e. The number of fused-ring (bicyclic) bond motifs is 3. The van der Waals surface area contributed by atoms with Crippen LogP contribution in [0.5, 0.6) is 0 Å². The summed E-state index contributed by atoms with van der Waals surface area (Å²) in [5, 5.41) is 6.91. The van der Waals surface area contributed by atoms with Crippen LogP contribution in [-0.2, 0) is 6.18 Å². The van der Waals surface area contributed by atoms with Crippen molar-refractivity contribution in [3.05, 3.63) is 113 Å². The molecule has 5 aromatic rings. The maximum absolute atomic E-state index is 13.9. The molecule has 176 valence electrons. The predicted octanol–water partition coefficient (Wildman–Crippen LogP) is 7.66. The number of aryl methyl sites for hydroxylation is 3. The number of rotatable bonds is 3. The predicted molar refractivity (Wildman–Crippen MR) is 146 cm³/mol. The van der Waals surface area contributed by atoms with Gasteiger partial charge >= 0.3 is 6.18 Å². The minimum absolute atomic E-state index is 0.581. The van der Waals surface area contributed by atoms with Crippen LogP contribution in [-0.4, -0.2) is 6.30 Å². The van der Waals surface area contributed by atoms with E-state index in [1.165, 1.54) is 12.1 Å². The molecular weight excluding hydrogens is 460 g/mol. The van der Waals surface area contributed by atoms with Gasteiger partial charge < -0.3 is 0 Å². The molecule has 0 fully saturated rings. The van der Waals surface area contributed by atoms with Crippen molar-refractivity contribution < 1.29 is 13.2 Å². The zero-order valence-corrected chi connectivity index (χ0v) is 20.8. The van der Waals surface area contributed by atoms with Gasteiger partial charge in [0, 0.05) is 0 Å². The molecule has 0 amide bonds. The lowest BCUT2D eigenvalue weighted by molar-refractivity contribution is -0.137. The Morgan fingerprint density at radius 1 is 0.600 bits per heavy atom. The molecule has 0 spiro atoms. The first-order valence-electron chi connectivity index (χ1n) is 11.5. The molecule has 0 nitrogen and oxygen atoms in total. The van der Waals surface area contributed by atoms with Crippen LogP contribution in [0.4, 0.5) is 13.2 Å². The Hall–Kier alpha value is -3.29. The first-order valence-corrected chi connectivity index (χ1v) is 13.5. The molecule has 5 rings (SSSR count). The zero-order valence-electron chi connectivity index (χ0n) is 19.9. The van der Waals surface area contributed by atoms with Gasteiger partial charge in [-0.15, -0.1) is 0 Å². The van der Waals surface area contributed by atoms with Crippen molar-refractivity contribution in [1.29, 1.82) is 0 Å². The molecule has 0 aliphatic carbocycles. The molecule has 0 aliphatic heterocycles. The number of alkyl halides is 3. The van der Waals surface area contributed by atoms with E-state index in [0.717, 1.165) is 43.3 Å².